The molecule has 0 radical (unpaired) electrons. The number of piperazine rings is 1. The van der Waals surface area contributed by atoms with Crippen LogP contribution in [-0.2, 0) is 24.4 Å². The van der Waals surface area contributed by atoms with Crippen molar-refractivity contribution in [3.05, 3.63) is 77.9 Å². The molecule has 3 unspecified atom stereocenters. The molecule has 4 atom stereocenters. The lowest BCUT2D eigenvalue weighted by molar-refractivity contribution is -0.192. The van der Waals surface area contributed by atoms with Crippen LogP contribution in [0, 0.1) is 0 Å². The van der Waals surface area contributed by atoms with Gasteiger partial charge in [-0.15, -0.1) is 0 Å². The summed E-state index contributed by atoms with van der Waals surface area (Å²) in [5, 5.41) is 9.55. The van der Waals surface area contributed by atoms with Crippen LogP contribution in [0.4, 0.5) is 5.82 Å². The number of hydrogen-bond donors (Lipinski definition) is 1. The van der Waals surface area contributed by atoms with Gasteiger partial charge in [-0.3, -0.25) is 9.88 Å². The zero-order valence-corrected chi connectivity index (χ0v) is 22.0. The molecule has 1 aliphatic carbocycles. The highest BCUT2D eigenvalue weighted by Crippen LogP contribution is 2.61. The summed E-state index contributed by atoms with van der Waals surface area (Å²) in [6.45, 7) is 3.62. The SMILES string of the molecule is O=C(O)c1ccc2nc(CN3C4CCC45C3CN5c3cccc(OCc4ccncc4)n3)n(C[C@@H]3CCO3)c2c1. The summed E-state index contributed by atoms with van der Waals surface area (Å²) in [5.41, 5.74) is 3.19. The second kappa shape index (κ2) is 9.00. The van der Waals surface area contributed by atoms with Gasteiger partial charge in [0, 0.05) is 37.7 Å². The number of piperidine rings is 1. The second-order valence-corrected chi connectivity index (χ2v) is 11.3. The number of aromatic nitrogens is 4. The maximum Gasteiger partial charge on any atom is 0.335 e. The Hall–Kier alpha value is -4.02. The number of imidazole rings is 1. The summed E-state index contributed by atoms with van der Waals surface area (Å²) in [5.74, 6) is 1.67. The summed E-state index contributed by atoms with van der Waals surface area (Å²) in [6.07, 6.45) is 7.03. The van der Waals surface area contributed by atoms with E-state index in [2.05, 4.69) is 25.4 Å². The van der Waals surface area contributed by atoms with Gasteiger partial charge < -0.3 is 24.0 Å². The van der Waals surface area contributed by atoms with Crippen molar-refractivity contribution in [3.63, 3.8) is 0 Å². The van der Waals surface area contributed by atoms with Gasteiger partial charge in [-0.05, 0) is 61.2 Å². The number of nitrogens with zero attached hydrogens (tertiary/aromatic N) is 6. The second-order valence-electron chi connectivity index (χ2n) is 11.3. The molecule has 40 heavy (non-hydrogen) atoms. The molecule has 3 aliphatic heterocycles. The molecule has 0 bridgehead atoms. The molecule has 10 heteroatoms. The molecule has 4 aromatic rings. The minimum absolute atomic E-state index is 0.140. The van der Waals surface area contributed by atoms with Gasteiger partial charge in [0.2, 0.25) is 5.88 Å². The number of ether oxygens (including phenoxy) is 2. The van der Waals surface area contributed by atoms with Crippen LogP contribution < -0.4 is 9.64 Å². The van der Waals surface area contributed by atoms with Crippen molar-refractivity contribution >= 4 is 22.8 Å². The van der Waals surface area contributed by atoms with E-state index in [-0.39, 0.29) is 17.2 Å². The predicted molar refractivity (Wildman–Crippen MR) is 146 cm³/mol. The minimum atomic E-state index is -0.923. The van der Waals surface area contributed by atoms with Crippen molar-refractivity contribution in [3.8, 4) is 5.88 Å². The zero-order chi connectivity index (χ0) is 26.8. The Morgan fingerprint density at radius 3 is 2.70 bits per heavy atom. The molecule has 4 fully saturated rings. The Balaban J connectivity index is 1.01. The number of hydrogen-bond acceptors (Lipinski definition) is 8. The van der Waals surface area contributed by atoms with Crippen LogP contribution in [0.2, 0.25) is 0 Å². The number of carbonyl (C=O) groups is 1. The van der Waals surface area contributed by atoms with Crippen molar-refractivity contribution in [2.24, 2.45) is 0 Å². The maximum absolute atomic E-state index is 11.6. The molecule has 3 aromatic heterocycles. The first-order valence-electron chi connectivity index (χ1n) is 14.0. The highest BCUT2D eigenvalue weighted by molar-refractivity contribution is 5.92. The van der Waals surface area contributed by atoms with Gasteiger partial charge in [0.1, 0.15) is 18.2 Å². The molecule has 4 aliphatic rings. The summed E-state index contributed by atoms with van der Waals surface area (Å²) < 4.78 is 13.9. The molecule has 1 aromatic carbocycles. The fourth-order valence-corrected chi connectivity index (χ4v) is 7.04. The Morgan fingerprint density at radius 2 is 1.98 bits per heavy atom. The van der Waals surface area contributed by atoms with Crippen molar-refractivity contribution < 1.29 is 19.4 Å². The van der Waals surface area contributed by atoms with Crippen LogP contribution in [0.15, 0.2) is 60.9 Å². The topological polar surface area (TPSA) is 106 Å². The molecular weight excluding hydrogens is 508 g/mol. The number of anilines is 1. The number of carboxylic acids is 1. The fraction of sp³-hybridized carbons (Fsp3) is 0.400. The van der Waals surface area contributed by atoms with Gasteiger partial charge in [-0.25, -0.2) is 9.78 Å². The summed E-state index contributed by atoms with van der Waals surface area (Å²) in [7, 11) is 0. The quantitative estimate of drug-likeness (QED) is 0.343. The van der Waals surface area contributed by atoms with Crippen molar-refractivity contribution in [1.82, 2.24) is 24.4 Å². The van der Waals surface area contributed by atoms with Gasteiger partial charge in [0.25, 0.3) is 0 Å². The predicted octanol–water partition coefficient (Wildman–Crippen LogP) is 3.50. The third-order valence-electron chi connectivity index (χ3n) is 9.33. The van der Waals surface area contributed by atoms with E-state index in [1.807, 2.05) is 30.3 Å². The first kappa shape index (κ1) is 23.8. The molecule has 0 amide bonds. The maximum atomic E-state index is 11.6. The average molecular weight is 539 g/mol. The highest BCUT2D eigenvalue weighted by Gasteiger charge is 2.75. The van der Waals surface area contributed by atoms with Gasteiger partial charge in [-0.2, -0.15) is 4.98 Å². The standard InChI is InChI=1S/C30H30N6O4/c37-29(38)20-4-5-22-23(14-20)34(15-21-9-13-39-21)27(32-22)17-35-24-6-10-30(24)25(35)16-36(30)26-2-1-3-28(33-26)40-18-19-7-11-31-12-8-19/h1-5,7-8,11-12,14,21,24-25H,6,9-10,13,15-18H2,(H,37,38)/t21-,24?,25?,30?/m0/s1. The van der Waals surface area contributed by atoms with Crippen LogP contribution in [0.25, 0.3) is 11.0 Å². The van der Waals surface area contributed by atoms with Crippen LogP contribution in [0.1, 0.15) is 41.0 Å². The molecular formula is C30H30N6O4. The molecule has 1 saturated carbocycles. The van der Waals surface area contributed by atoms with Gasteiger partial charge in [-0.1, -0.05) is 6.07 Å². The molecule has 204 valence electrons. The Kier molecular flexibility index (Phi) is 5.36. The molecule has 1 N–H and O–H groups in total. The van der Waals surface area contributed by atoms with Crippen molar-refractivity contribution in [2.75, 3.05) is 18.1 Å². The summed E-state index contributed by atoms with van der Waals surface area (Å²) in [6, 6.07) is 16.0. The number of rotatable bonds is 9. The number of likely N-dealkylation sites (tertiary alicyclic amines) is 1. The first-order valence-corrected chi connectivity index (χ1v) is 14.0. The number of fused-ring (bicyclic) bond motifs is 1. The lowest BCUT2D eigenvalue weighted by Gasteiger charge is -2.80. The normalized spacial score (nSPS) is 26.6. The fourth-order valence-electron chi connectivity index (χ4n) is 7.04. The van der Waals surface area contributed by atoms with E-state index in [0.717, 1.165) is 67.2 Å². The van der Waals surface area contributed by atoms with E-state index in [1.165, 1.54) is 0 Å². The van der Waals surface area contributed by atoms with Crippen molar-refractivity contribution in [2.45, 2.75) is 62.7 Å². The van der Waals surface area contributed by atoms with Crippen molar-refractivity contribution in [1.29, 1.82) is 0 Å². The lowest BCUT2D eigenvalue weighted by Crippen LogP contribution is -2.96. The highest BCUT2D eigenvalue weighted by atomic mass is 16.5. The van der Waals surface area contributed by atoms with Crippen LogP contribution >= 0.6 is 0 Å². The van der Waals surface area contributed by atoms with E-state index in [1.54, 1.807) is 24.5 Å². The number of carboxylic acid groups (broad SMARTS) is 1. The molecule has 6 heterocycles. The van der Waals surface area contributed by atoms with E-state index in [0.29, 0.717) is 31.1 Å². The average Bonchev–Trinajstić information content (AvgIpc) is 3.25. The summed E-state index contributed by atoms with van der Waals surface area (Å²) in [4.78, 5) is 30.6. The first-order chi connectivity index (χ1) is 19.6. The number of benzene rings is 1. The monoisotopic (exact) mass is 538 g/mol. The molecule has 10 nitrogen and oxygen atoms in total. The molecule has 8 rings (SSSR count). The lowest BCUT2D eigenvalue weighted by atomic mass is 9.52. The van der Waals surface area contributed by atoms with E-state index in [9.17, 15) is 9.90 Å². The van der Waals surface area contributed by atoms with Gasteiger partial charge in [0.05, 0.1) is 47.4 Å². The minimum Gasteiger partial charge on any atom is -0.478 e. The Labute approximate surface area is 231 Å². The Morgan fingerprint density at radius 1 is 1.10 bits per heavy atom. The zero-order valence-electron chi connectivity index (χ0n) is 22.0. The van der Waals surface area contributed by atoms with Gasteiger partial charge >= 0.3 is 5.97 Å². The largest absolute Gasteiger partial charge is 0.478 e. The van der Waals surface area contributed by atoms with E-state index >= 15 is 0 Å². The molecule has 1 spiro atoms. The Bertz CT molecular complexity index is 1600. The number of aromatic carboxylic acids is 1. The van der Waals surface area contributed by atoms with Crippen LogP contribution in [0.3, 0.4) is 0 Å². The van der Waals surface area contributed by atoms with Crippen LogP contribution in [-0.4, -0.2) is 72.4 Å². The van der Waals surface area contributed by atoms with E-state index in [4.69, 9.17) is 19.4 Å². The van der Waals surface area contributed by atoms with Crippen LogP contribution in [0.5, 0.6) is 5.88 Å². The smallest absolute Gasteiger partial charge is 0.335 e. The molecule has 3 saturated heterocycles. The third kappa shape index (κ3) is 3.55. The van der Waals surface area contributed by atoms with E-state index < -0.39 is 5.97 Å². The number of pyridine rings is 2. The third-order valence-corrected chi connectivity index (χ3v) is 9.33. The summed E-state index contributed by atoms with van der Waals surface area (Å²) >= 11 is 0. The van der Waals surface area contributed by atoms with Gasteiger partial charge in [0.15, 0.2) is 0 Å².